The van der Waals surface area contributed by atoms with Gasteiger partial charge >= 0.3 is 0 Å². The molecule has 1 aromatic heterocycles. The van der Waals surface area contributed by atoms with Gasteiger partial charge in [-0.25, -0.2) is 10.0 Å². The normalized spacial score (nSPS) is 26.7. The molecule has 3 atom stereocenters. The summed E-state index contributed by atoms with van der Waals surface area (Å²) in [6, 6.07) is -0.447. The first-order valence-electron chi connectivity index (χ1n) is 15.4. The first-order chi connectivity index (χ1) is 20.1. The van der Waals surface area contributed by atoms with Gasteiger partial charge in [-0.05, 0) is 69.8 Å². The van der Waals surface area contributed by atoms with E-state index in [1.54, 1.807) is 27.4 Å². The molecule has 4 aliphatic rings. The lowest BCUT2D eigenvalue weighted by Gasteiger charge is -2.55. The number of piperidine rings is 1. The average molecular weight is 602 g/mol. The molecule has 4 aliphatic heterocycles. The molecule has 0 aromatic carbocycles. The predicted octanol–water partition coefficient (Wildman–Crippen LogP) is 3.14. The standard InChI is InChI=1S/C30H47N7O4S/c1-20(2)16-24-28(38)35(23-8-10-33(5)11-9-23)18-27-36(24)29(39)25(17-21(3)4)41-37(27)26(31)7-6-22-19-42-30(32-22)34-12-14-40-15-13-34/h6-7,19-21,23-25,27,31H,8-18H2,1-5H3/b7-6+,31-26?/t24-,25+,27-/m0/s1. The lowest BCUT2D eigenvalue weighted by molar-refractivity contribution is -0.257. The SMILES string of the molecule is CC(C)C[C@H]1ON(C(=N)/C=C/c2csc(N3CCOCC3)n2)[C@H]2CN(C3CCN(C)CC3)C(=O)[C@H](CC(C)C)N2C1=O. The summed E-state index contributed by atoms with van der Waals surface area (Å²) in [6.45, 7) is 13.5. The maximum absolute atomic E-state index is 14.1. The number of carbonyl (C=O) groups excluding carboxylic acids is 2. The Morgan fingerprint density at radius 1 is 1.07 bits per heavy atom. The fraction of sp³-hybridized carbons (Fsp3) is 0.733. The number of likely N-dealkylation sites (tertiary alicyclic amines) is 1. The van der Waals surface area contributed by atoms with Crippen LogP contribution in [0.1, 0.15) is 59.1 Å². The molecule has 232 valence electrons. The van der Waals surface area contributed by atoms with E-state index >= 15 is 0 Å². The highest BCUT2D eigenvalue weighted by molar-refractivity contribution is 7.13. The highest BCUT2D eigenvalue weighted by Gasteiger charge is 2.53. The van der Waals surface area contributed by atoms with E-state index in [1.807, 2.05) is 16.4 Å². The number of rotatable bonds is 8. The third-order valence-electron chi connectivity index (χ3n) is 8.58. The Morgan fingerprint density at radius 3 is 2.43 bits per heavy atom. The Balaban J connectivity index is 1.41. The van der Waals surface area contributed by atoms with E-state index < -0.39 is 18.3 Å². The Morgan fingerprint density at radius 2 is 1.76 bits per heavy atom. The first kappa shape index (κ1) is 30.9. The van der Waals surface area contributed by atoms with Crippen molar-refractivity contribution in [2.75, 3.05) is 57.9 Å². The second-order valence-electron chi connectivity index (χ2n) is 12.8. The monoisotopic (exact) mass is 601 g/mol. The lowest BCUT2D eigenvalue weighted by atomic mass is 9.93. The molecule has 4 saturated heterocycles. The summed E-state index contributed by atoms with van der Waals surface area (Å²) in [5.74, 6) is 0.490. The maximum atomic E-state index is 14.1. The van der Waals surface area contributed by atoms with Crippen LogP contribution in [0, 0.1) is 17.2 Å². The van der Waals surface area contributed by atoms with Gasteiger partial charge in [0.05, 0.1) is 25.5 Å². The number of nitrogens with one attached hydrogen (secondary N) is 1. The Labute approximate surface area is 253 Å². The molecule has 0 radical (unpaired) electrons. The summed E-state index contributed by atoms with van der Waals surface area (Å²) < 4.78 is 5.46. The van der Waals surface area contributed by atoms with Crippen LogP contribution in [-0.4, -0.2) is 120 Å². The van der Waals surface area contributed by atoms with Crippen molar-refractivity contribution >= 4 is 40.2 Å². The van der Waals surface area contributed by atoms with Gasteiger partial charge in [0.1, 0.15) is 18.0 Å². The number of morpholine rings is 1. The van der Waals surface area contributed by atoms with Crippen LogP contribution in [-0.2, 0) is 19.2 Å². The number of hydroxylamine groups is 2. The minimum atomic E-state index is -0.737. The molecular formula is C30H47N7O4S. The maximum Gasteiger partial charge on any atom is 0.256 e. The number of carbonyl (C=O) groups is 2. The average Bonchev–Trinajstić information content (AvgIpc) is 3.44. The van der Waals surface area contributed by atoms with Gasteiger partial charge in [0.25, 0.3) is 5.91 Å². The van der Waals surface area contributed by atoms with Crippen molar-refractivity contribution in [1.82, 2.24) is 24.7 Å². The van der Waals surface area contributed by atoms with E-state index in [4.69, 9.17) is 20.0 Å². The van der Waals surface area contributed by atoms with Gasteiger partial charge in [-0.1, -0.05) is 27.7 Å². The van der Waals surface area contributed by atoms with E-state index in [9.17, 15) is 9.59 Å². The summed E-state index contributed by atoms with van der Waals surface area (Å²) in [5, 5.41) is 13.6. The zero-order valence-electron chi connectivity index (χ0n) is 25.7. The summed E-state index contributed by atoms with van der Waals surface area (Å²) in [6.07, 6.45) is 5.15. The summed E-state index contributed by atoms with van der Waals surface area (Å²) in [7, 11) is 2.11. The molecule has 1 aromatic rings. The number of piperazine rings is 1. The zero-order chi connectivity index (χ0) is 30.0. The first-order valence-corrected chi connectivity index (χ1v) is 16.3. The fourth-order valence-corrected chi connectivity index (χ4v) is 7.20. The molecule has 4 fully saturated rings. The molecule has 0 unspecified atom stereocenters. The molecule has 2 amide bonds. The number of fused-ring (bicyclic) bond motifs is 1. The second-order valence-corrected chi connectivity index (χ2v) is 13.7. The fourth-order valence-electron chi connectivity index (χ4n) is 6.35. The molecule has 0 spiro atoms. The molecular weight excluding hydrogens is 554 g/mol. The van der Waals surface area contributed by atoms with Gasteiger partial charge in [-0.2, -0.15) is 0 Å². The Kier molecular flexibility index (Phi) is 9.86. The highest BCUT2D eigenvalue weighted by atomic mass is 32.1. The van der Waals surface area contributed by atoms with Gasteiger partial charge < -0.3 is 24.3 Å². The van der Waals surface area contributed by atoms with Crippen LogP contribution in [0.5, 0.6) is 0 Å². The highest BCUT2D eigenvalue weighted by Crippen LogP contribution is 2.34. The van der Waals surface area contributed by atoms with E-state index in [0.29, 0.717) is 32.6 Å². The number of amides is 2. The van der Waals surface area contributed by atoms with Crippen molar-refractivity contribution in [3.63, 3.8) is 0 Å². The van der Waals surface area contributed by atoms with Gasteiger partial charge in [0, 0.05) is 24.5 Å². The van der Waals surface area contributed by atoms with Gasteiger partial charge in [0.2, 0.25) is 5.91 Å². The third-order valence-corrected chi connectivity index (χ3v) is 9.50. The molecule has 12 heteroatoms. The van der Waals surface area contributed by atoms with Crippen molar-refractivity contribution in [2.24, 2.45) is 11.8 Å². The Hall–Kier alpha value is -2.54. The summed E-state index contributed by atoms with van der Waals surface area (Å²) >= 11 is 1.58. The van der Waals surface area contributed by atoms with Crippen LogP contribution in [0.3, 0.4) is 0 Å². The van der Waals surface area contributed by atoms with Crippen LogP contribution in [0.2, 0.25) is 0 Å². The third kappa shape index (κ3) is 6.82. The van der Waals surface area contributed by atoms with Gasteiger partial charge in [0.15, 0.2) is 11.2 Å². The van der Waals surface area contributed by atoms with Crippen molar-refractivity contribution < 1.29 is 19.2 Å². The number of anilines is 1. The van der Waals surface area contributed by atoms with E-state index in [-0.39, 0.29) is 35.5 Å². The molecule has 5 rings (SSSR count). The number of aromatic nitrogens is 1. The molecule has 1 N–H and O–H groups in total. The number of nitrogens with zero attached hydrogens (tertiary/aromatic N) is 6. The van der Waals surface area contributed by atoms with E-state index in [0.717, 1.165) is 49.8 Å². The lowest BCUT2D eigenvalue weighted by Crippen LogP contribution is -2.74. The number of thiazole rings is 1. The second kappa shape index (κ2) is 13.4. The van der Waals surface area contributed by atoms with Gasteiger partial charge in [-0.3, -0.25) is 19.8 Å². The molecule has 0 saturated carbocycles. The number of hydrogen-bond donors (Lipinski definition) is 1. The smallest absolute Gasteiger partial charge is 0.256 e. The van der Waals surface area contributed by atoms with Crippen molar-refractivity contribution in [2.45, 2.75) is 77.7 Å². The topological polar surface area (TPSA) is 106 Å². The minimum absolute atomic E-state index is 0.0354. The molecule has 0 aliphatic carbocycles. The van der Waals surface area contributed by atoms with Crippen molar-refractivity contribution in [1.29, 1.82) is 5.41 Å². The number of amidine groups is 1. The number of ether oxygens (including phenoxy) is 1. The summed E-state index contributed by atoms with van der Waals surface area (Å²) in [5.41, 5.74) is 0.777. The zero-order valence-corrected chi connectivity index (χ0v) is 26.5. The van der Waals surface area contributed by atoms with Crippen LogP contribution < -0.4 is 4.90 Å². The van der Waals surface area contributed by atoms with Crippen LogP contribution in [0.4, 0.5) is 5.13 Å². The van der Waals surface area contributed by atoms with Crippen molar-refractivity contribution in [3.8, 4) is 0 Å². The van der Waals surface area contributed by atoms with Gasteiger partial charge in [-0.15, -0.1) is 11.3 Å². The molecule has 5 heterocycles. The predicted molar refractivity (Wildman–Crippen MR) is 164 cm³/mol. The van der Waals surface area contributed by atoms with Crippen LogP contribution >= 0.6 is 11.3 Å². The van der Waals surface area contributed by atoms with Crippen LogP contribution in [0.15, 0.2) is 11.5 Å². The molecule has 0 bridgehead atoms. The van der Waals surface area contributed by atoms with Crippen LogP contribution in [0.25, 0.3) is 6.08 Å². The molecule has 11 nitrogen and oxygen atoms in total. The molecule has 42 heavy (non-hydrogen) atoms. The largest absolute Gasteiger partial charge is 0.378 e. The van der Waals surface area contributed by atoms with E-state index in [1.165, 1.54) is 0 Å². The van der Waals surface area contributed by atoms with E-state index in [2.05, 4.69) is 44.5 Å². The Bertz CT molecular complexity index is 1140. The quantitative estimate of drug-likeness (QED) is 0.358. The summed E-state index contributed by atoms with van der Waals surface area (Å²) in [4.78, 5) is 47.4. The van der Waals surface area contributed by atoms with Crippen molar-refractivity contribution in [3.05, 3.63) is 17.2 Å². The number of hydrogen-bond acceptors (Lipinski definition) is 9. The minimum Gasteiger partial charge on any atom is -0.378 e.